The molecule has 0 radical (unpaired) electrons. The van der Waals surface area contributed by atoms with Gasteiger partial charge in [-0.2, -0.15) is 0 Å². The van der Waals surface area contributed by atoms with Gasteiger partial charge in [0, 0.05) is 7.05 Å². The first kappa shape index (κ1) is 10.6. The zero-order valence-electron chi connectivity index (χ0n) is 8.91. The van der Waals surface area contributed by atoms with Crippen LogP contribution in [0.3, 0.4) is 0 Å². The zero-order chi connectivity index (χ0) is 10.6. The quantitative estimate of drug-likeness (QED) is 0.551. The third-order valence-electron chi connectivity index (χ3n) is 2.18. The van der Waals surface area contributed by atoms with E-state index in [1.807, 2.05) is 0 Å². The molecule has 0 aliphatic rings. The van der Waals surface area contributed by atoms with Crippen molar-refractivity contribution in [1.29, 1.82) is 0 Å². The van der Waals surface area contributed by atoms with Crippen LogP contribution in [0.4, 0.5) is 0 Å². The van der Waals surface area contributed by atoms with Crippen molar-refractivity contribution in [2.45, 2.75) is 19.9 Å². The lowest BCUT2D eigenvalue weighted by Crippen LogP contribution is -2.33. The molecule has 3 nitrogen and oxygen atoms in total. The Hall–Kier alpha value is -1.51. The predicted molar refractivity (Wildman–Crippen MR) is 60.3 cm³/mol. The maximum absolute atomic E-state index is 5.58. The molecule has 0 heterocycles. The van der Waals surface area contributed by atoms with Crippen molar-refractivity contribution in [3.05, 3.63) is 35.4 Å². The van der Waals surface area contributed by atoms with Gasteiger partial charge in [0.1, 0.15) is 0 Å². The number of rotatable bonds is 2. The van der Waals surface area contributed by atoms with E-state index < -0.39 is 0 Å². The fraction of sp³-hybridized carbons (Fsp3) is 0.364. The molecule has 0 aliphatic heterocycles. The van der Waals surface area contributed by atoms with Crippen molar-refractivity contribution in [1.82, 2.24) is 5.32 Å². The van der Waals surface area contributed by atoms with Gasteiger partial charge in [-0.05, 0) is 19.4 Å². The number of hydrogen-bond donors (Lipinski definition) is 2. The molecular weight excluding hydrogens is 174 g/mol. The van der Waals surface area contributed by atoms with Crippen LogP contribution in [0.2, 0.25) is 0 Å². The highest BCUT2D eigenvalue weighted by molar-refractivity contribution is 5.78. The largest absolute Gasteiger partial charge is 0.370 e. The molecule has 1 atom stereocenters. The molecule has 1 rings (SSSR count). The minimum absolute atomic E-state index is 0.194. The third-order valence-corrected chi connectivity index (χ3v) is 2.18. The molecule has 0 aromatic heterocycles. The number of guanidine groups is 1. The van der Waals surface area contributed by atoms with Crippen LogP contribution in [0.15, 0.2) is 29.3 Å². The minimum atomic E-state index is 0.194. The lowest BCUT2D eigenvalue weighted by Gasteiger charge is -2.14. The molecule has 0 saturated carbocycles. The van der Waals surface area contributed by atoms with E-state index in [1.54, 1.807) is 7.05 Å². The Morgan fingerprint density at radius 3 is 2.43 bits per heavy atom. The fourth-order valence-electron chi connectivity index (χ4n) is 1.22. The molecule has 14 heavy (non-hydrogen) atoms. The topological polar surface area (TPSA) is 50.4 Å². The van der Waals surface area contributed by atoms with Crippen LogP contribution < -0.4 is 11.1 Å². The van der Waals surface area contributed by atoms with Crippen molar-refractivity contribution in [3.63, 3.8) is 0 Å². The molecule has 0 amide bonds. The van der Waals surface area contributed by atoms with E-state index >= 15 is 0 Å². The Balaban J connectivity index is 2.70. The second-order valence-corrected chi connectivity index (χ2v) is 3.39. The van der Waals surface area contributed by atoms with Crippen molar-refractivity contribution < 1.29 is 0 Å². The van der Waals surface area contributed by atoms with Gasteiger partial charge in [0.15, 0.2) is 5.96 Å². The molecule has 1 aromatic carbocycles. The van der Waals surface area contributed by atoms with Gasteiger partial charge in [-0.25, -0.2) is 0 Å². The second-order valence-electron chi connectivity index (χ2n) is 3.39. The first-order valence-corrected chi connectivity index (χ1v) is 4.69. The molecule has 1 aromatic rings. The number of nitrogens with two attached hydrogens (primary N) is 1. The average molecular weight is 191 g/mol. The van der Waals surface area contributed by atoms with Crippen LogP contribution in [-0.2, 0) is 0 Å². The van der Waals surface area contributed by atoms with E-state index in [0.29, 0.717) is 5.96 Å². The van der Waals surface area contributed by atoms with Gasteiger partial charge in [-0.3, -0.25) is 4.99 Å². The highest BCUT2D eigenvalue weighted by Gasteiger charge is 2.04. The first-order valence-electron chi connectivity index (χ1n) is 4.69. The Morgan fingerprint density at radius 1 is 1.36 bits per heavy atom. The van der Waals surface area contributed by atoms with E-state index in [-0.39, 0.29) is 6.04 Å². The van der Waals surface area contributed by atoms with Crippen molar-refractivity contribution >= 4 is 5.96 Å². The average Bonchev–Trinajstić information content (AvgIpc) is 2.18. The summed E-state index contributed by atoms with van der Waals surface area (Å²) in [4.78, 5) is 3.85. The molecule has 0 saturated heterocycles. The third kappa shape index (κ3) is 2.76. The summed E-state index contributed by atoms with van der Waals surface area (Å²) in [5.41, 5.74) is 8.05. The maximum atomic E-state index is 5.58. The summed E-state index contributed by atoms with van der Waals surface area (Å²) in [6.45, 7) is 4.13. The molecule has 0 fully saturated rings. The second kappa shape index (κ2) is 4.65. The van der Waals surface area contributed by atoms with Crippen LogP contribution in [0.5, 0.6) is 0 Å². The Bertz CT molecular complexity index is 314. The van der Waals surface area contributed by atoms with E-state index in [4.69, 9.17) is 5.73 Å². The van der Waals surface area contributed by atoms with E-state index in [1.165, 1.54) is 11.1 Å². The summed E-state index contributed by atoms with van der Waals surface area (Å²) in [7, 11) is 1.67. The van der Waals surface area contributed by atoms with E-state index in [2.05, 4.69) is 48.4 Å². The van der Waals surface area contributed by atoms with Gasteiger partial charge in [-0.1, -0.05) is 29.8 Å². The van der Waals surface area contributed by atoms with E-state index in [9.17, 15) is 0 Å². The van der Waals surface area contributed by atoms with Crippen molar-refractivity contribution in [3.8, 4) is 0 Å². The van der Waals surface area contributed by atoms with Crippen LogP contribution in [0, 0.1) is 6.92 Å². The van der Waals surface area contributed by atoms with Crippen LogP contribution in [0.1, 0.15) is 24.1 Å². The molecule has 3 N–H and O–H groups in total. The summed E-state index contributed by atoms with van der Waals surface area (Å²) in [6, 6.07) is 8.56. The highest BCUT2D eigenvalue weighted by Crippen LogP contribution is 2.12. The summed E-state index contributed by atoms with van der Waals surface area (Å²) in [5.74, 6) is 0.470. The highest BCUT2D eigenvalue weighted by atomic mass is 15.1. The molecule has 0 bridgehead atoms. The summed E-state index contributed by atoms with van der Waals surface area (Å²) in [6.07, 6.45) is 0. The number of aryl methyl sites for hydroxylation is 1. The van der Waals surface area contributed by atoms with Gasteiger partial charge in [0.05, 0.1) is 6.04 Å². The molecule has 3 heteroatoms. The van der Waals surface area contributed by atoms with Crippen LogP contribution in [-0.4, -0.2) is 13.0 Å². The summed E-state index contributed by atoms with van der Waals surface area (Å²) >= 11 is 0. The van der Waals surface area contributed by atoms with E-state index in [0.717, 1.165) is 0 Å². The monoisotopic (exact) mass is 191 g/mol. The smallest absolute Gasteiger partial charge is 0.188 e. The van der Waals surface area contributed by atoms with Gasteiger partial charge in [0.25, 0.3) is 0 Å². The number of benzene rings is 1. The standard InChI is InChI=1S/C11H17N3/c1-8-4-6-10(7-5-8)9(2)14-11(12)13-3/h4-7,9H,1-3H3,(H3,12,13,14). The zero-order valence-corrected chi connectivity index (χ0v) is 8.91. The van der Waals surface area contributed by atoms with Gasteiger partial charge in [-0.15, -0.1) is 0 Å². The minimum Gasteiger partial charge on any atom is -0.370 e. The molecule has 1 unspecified atom stereocenters. The fourth-order valence-corrected chi connectivity index (χ4v) is 1.22. The lowest BCUT2D eigenvalue weighted by molar-refractivity contribution is 0.710. The summed E-state index contributed by atoms with van der Waals surface area (Å²) in [5, 5.41) is 3.09. The van der Waals surface area contributed by atoms with Gasteiger partial charge < -0.3 is 11.1 Å². The number of nitrogens with one attached hydrogen (secondary N) is 1. The lowest BCUT2D eigenvalue weighted by atomic mass is 10.1. The Morgan fingerprint density at radius 2 is 1.93 bits per heavy atom. The predicted octanol–water partition coefficient (Wildman–Crippen LogP) is 1.59. The first-order chi connectivity index (χ1) is 6.63. The summed E-state index contributed by atoms with van der Waals surface area (Å²) < 4.78 is 0. The molecule has 0 aliphatic carbocycles. The van der Waals surface area contributed by atoms with Gasteiger partial charge in [0.2, 0.25) is 0 Å². The Labute approximate surface area is 85.0 Å². The normalized spacial score (nSPS) is 13.8. The maximum Gasteiger partial charge on any atom is 0.188 e. The molecular formula is C11H17N3. The van der Waals surface area contributed by atoms with Gasteiger partial charge >= 0.3 is 0 Å². The Kier molecular flexibility index (Phi) is 3.51. The molecule has 0 spiro atoms. The number of nitrogens with zero attached hydrogens (tertiary/aromatic N) is 1. The number of aliphatic imine (C=N–C) groups is 1. The molecule has 76 valence electrons. The van der Waals surface area contributed by atoms with Crippen molar-refractivity contribution in [2.24, 2.45) is 10.7 Å². The van der Waals surface area contributed by atoms with Crippen molar-refractivity contribution in [2.75, 3.05) is 7.05 Å². The SMILES string of the molecule is CN=C(N)NC(C)c1ccc(C)cc1. The number of hydrogen-bond acceptors (Lipinski definition) is 1. The van der Waals surface area contributed by atoms with Crippen LogP contribution in [0.25, 0.3) is 0 Å². The van der Waals surface area contributed by atoms with Crippen LogP contribution >= 0.6 is 0 Å².